The lowest BCUT2D eigenvalue weighted by atomic mass is 9.87. The summed E-state index contributed by atoms with van der Waals surface area (Å²) in [5.74, 6) is -1.70. The summed E-state index contributed by atoms with van der Waals surface area (Å²) in [6, 6.07) is 3.72. The van der Waals surface area contributed by atoms with Gasteiger partial charge in [-0.05, 0) is 69.6 Å². The van der Waals surface area contributed by atoms with Crippen molar-refractivity contribution in [3.8, 4) is 5.75 Å². The minimum absolute atomic E-state index is 0.0193. The quantitative estimate of drug-likeness (QED) is 0.395. The predicted molar refractivity (Wildman–Crippen MR) is 137 cm³/mol. The van der Waals surface area contributed by atoms with Crippen molar-refractivity contribution in [2.24, 2.45) is 5.41 Å². The van der Waals surface area contributed by atoms with Gasteiger partial charge in [-0.2, -0.15) is 0 Å². The molecule has 1 aromatic heterocycles. The molecule has 1 unspecified atom stereocenters. The van der Waals surface area contributed by atoms with Crippen LogP contribution < -0.4 is 5.56 Å². The molecule has 0 aliphatic heterocycles. The number of carbonyl (C=O) groups is 2. The van der Waals surface area contributed by atoms with Crippen molar-refractivity contribution < 1.29 is 28.9 Å². The first kappa shape index (κ1) is 30.0. The number of hydrogen-bond acceptors (Lipinski definition) is 7. The molecule has 1 atom stereocenters. The van der Waals surface area contributed by atoms with Crippen molar-refractivity contribution in [1.29, 1.82) is 0 Å². The fourth-order valence-corrected chi connectivity index (χ4v) is 3.66. The second kappa shape index (κ2) is 11.9. The topological polar surface area (TPSA) is 133 Å². The number of H-pyrrole nitrogens is 1. The van der Waals surface area contributed by atoms with Gasteiger partial charge in [0.1, 0.15) is 17.2 Å². The predicted octanol–water partition coefficient (Wildman–Crippen LogP) is 4.45. The lowest BCUT2D eigenvalue weighted by molar-refractivity contribution is 0.0185. The van der Waals surface area contributed by atoms with Crippen LogP contribution in [0.25, 0.3) is 0 Å². The summed E-state index contributed by atoms with van der Waals surface area (Å²) in [4.78, 5) is 46.5. The first-order chi connectivity index (χ1) is 17.0. The van der Waals surface area contributed by atoms with Crippen LogP contribution >= 0.6 is 0 Å². The fourth-order valence-electron chi connectivity index (χ4n) is 3.66. The standard InChI is InChI=1S/C27H38FN3O6/c1-16-14-17(8-10-18(16)28)9-11-20(33)21-22(34)24(35)30-23(29-21)19(12-13-27(5,6)15-32)31(7)25(36)37-26(2,3)4/h8,10,14,19,32,34H,9,11-13,15H2,1-7H3,(H,29,30,35). The number of benzene rings is 1. The van der Waals surface area contributed by atoms with E-state index in [-0.39, 0.29) is 31.1 Å². The minimum atomic E-state index is -0.907. The van der Waals surface area contributed by atoms with Crippen LogP contribution in [0.1, 0.15) is 87.4 Å². The SMILES string of the molecule is Cc1cc(CCC(=O)c2nc(C(CCC(C)(C)CO)N(C)C(=O)OC(C)(C)C)[nH]c(=O)c2O)ccc1F. The van der Waals surface area contributed by atoms with E-state index < -0.39 is 45.9 Å². The number of aromatic nitrogens is 2. The number of rotatable bonds is 10. The maximum atomic E-state index is 13.6. The molecule has 0 saturated carbocycles. The summed E-state index contributed by atoms with van der Waals surface area (Å²) >= 11 is 0. The zero-order chi connectivity index (χ0) is 28.1. The Bertz CT molecular complexity index is 1190. The first-order valence-electron chi connectivity index (χ1n) is 12.2. The third kappa shape index (κ3) is 8.38. The van der Waals surface area contributed by atoms with Gasteiger partial charge in [-0.25, -0.2) is 14.2 Å². The van der Waals surface area contributed by atoms with Gasteiger partial charge in [0.25, 0.3) is 5.56 Å². The number of aryl methyl sites for hydroxylation is 2. The van der Waals surface area contributed by atoms with Crippen LogP contribution in [0.3, 0.4) is 0 Å². The number of aliphatic hydroxyl groups excluding tert-OH is 1. The van der Waals surface area contributed by atoms with Crippen molar-refractivity contribution in [3.05, 3.63) is 57.0 Å². The van der Waals surface area contributed by atoms with Crippen molar-refractivity contribution in [1.82, 2.24) is 14.9 Å². The van der Waals surface area contributed by atoms with Crippen LogP contribution in [0.4, 0.5) is 9.18 Å². The molecule has 0 aliphatic carbocycles. The van der Waals surface area contributed by atoms with E-state index in [2.05, 4.69) is 9.97 Å². The van der Waals surface area contributed by atoms with Gasteiger partial charge in [0, 0.05) is 20.1 Å². The maximum absolute atomic E-state index is 13.6. The van der Waals surface area contributed by atoms with E-state index in [0.29, 0.717) is 18.4 Å². The summed E-state index contributed by atoms with van der Waals surface area (Å²) in [6.07, 6.45) is 0.279. The summed E-state index contributed by atoms with van der Waals surface area (Å²) in [7, 11) is 1.50. The van der Waals surface area contributed by atoms with Crippen LogP contribution in [0.5, 0.6) is 5.75 Å². The van der Waals surface area contributed by atoms with Gasteiger partial charge in [0.05, 0.1) is 6.04 Å². The van der Waals surface area contributed by atoms with Crippen LogP contribution in [-0.4, -0.2) is 56.2 Å². The largest absolute Gasteiger partial charge is 0.501 e. The summed E-state index contributed by atoms with van der Waals surface area (Å²) < 4.78 is 19.0. The van der Waals surface area contributed by atoms with Gasteiger partial charge in [-0.3, -0.25) is 9.59 Å². The van der Waals surface area contributed by atoms with E-state index in [1.54, 1.807) is 39.8 Å². The average molecular weight is 520 g/mol. The third-order valence-corrected chi connectivity index (χ3v) is 6.03. The lowest BCUT2D eigenvalue weighted by Gasteiger charge is -2.32. The number of nitrogens with zero attached hydrogens (tertiary/aromatic N) is 2. The van der Waals surface area contributed by atoms with E-state index in [1.807, 2.05) is 13.8 Å². The molecule has 2 rings (SSSR count). The molecule has 0 fully saturated rings. The number of Topliss-reactive ketones (excluding diaryl/α,β-unsaturated/α-hetero) is 1. The van der Waals surface area contributed by atoms with E-state index in [9.17, 15) is 29.0 Å². The highest BCUT2D eigenvalue weighted by Crippen LogP contribution is 2.31. The van der Waals surface area contributed by atoms with Crippen LogP contribution in [-0.2, 0) is 11.2 Å². The molecule has 0 aliphatic rings. The Kier molecular flexibility index (Phi) is 9.60. The molecule has 1 heterocycles. The molecule has 204 valence electrons. The zero-order valence-electron chi connectivity index (χ0n) is 22.6. The smallest absolute Gasteiger partial charge is 0.410 e. The Morgan fingerprint density at radius 2 is 1.86 bits per heavy atom. The number of aromatic amines is 1. The average Bonchev–Trinajstić information content (AvgIpc) is 2.80. The molecule has 0 radical (unpaired) electrons. The molecular weight excluding hydrogens is 481 g/mol. The number of amides is 1. The molecule has 3 N–H and O–H groups in total. The van der Waals surface area contributed by atoms with Crippen molar-refractivity contribution in [2.75, 3.05) is 13.7 Å². The number of hydrogen-bond donors (Lipinski definition) is 3. The van der Waals surface area contributed by atoms with Gasteiger partial charge in [-0.1, -0.05) is 26.0 Å². The summed E-state index contributed by atoms with van der Waals surface area (Å²) in [6.45, 7) is 10.4. The Hall–Kier alpha value is -3.27. The van der Waals surface area contributed by atoms with E-state index in [0.717, 1.165) is 5.56 Å². The Balaban J connectivity index is 2.40. The zero-order valence-corrected chi connectivity index (χ0v) is 22.6. The van der Waals surface area contributed by atoms with Gasteiger partial charge in [0.2, 0.25) is 5.75 Å². The highest BCUT2D eigenvalue weighted by atomic mass is 19.1. The molecule has 0 saturated heterocycles. The molecule has 9 nitrogen and oxygen atoms in total. The normalized spacial score (nSPS) is 12.8. The van der Waals surface area contributed by atoms with Crippen molar-refractivity contribution >= 4 is 11.9 Å². The van der Waals surface area contributed by atoms with E-state index in [1.165, 1.54) is 18.0 Å². The van der Waals surface area contributed by atoms with Crippen LogP contribution in [0.2, 0.25) is 0 Å². The van der Waals surface area contributed by atoms with Crippen LogP contribution in [0.15, 0.2) is 23.0 Å². The molecule has 37 heavy (non-hydrogen) atoms. The number of aliphatic hydroxyl groups is 1. The highest BCUT2D eigenvalue weighted by Gasteiger charge is 2.31. The number of nitrogens with one attached hydrogen (secondary N) is 1. The molecule has 2 aromatic rings. The minimum Gasteiger partial charge on any atom is -0.501 e. The molecule has 1 amide bonds. The van der Waals surface area contributed by atoms with Gasteiger partial charge in [-0.15, -0.1) is 0 Å². The molecule has 0 bridgehead atoms. The highest BCUT2D eigenvalue weighted by molar-refractivity contribution is 5.96. The van der Waals surface area contributed by atoms with Crippen molar-refractivity contribution in [2.45, 2.75) is 78.9 Å². The molecule has 1 aromatic carbocycles. The summed E-state index contributed by atoms with van der Waals surface area (Å²) in [5.41, 5.74) is -1.38. The van der Waals surface area contributed by atoms with Gasteiger partial charge < -0.3 is 24.8 Å². The lowest BCUT2D eigenvalue weighted by Crippen LogP contribution is -2.38. The van der Waals surface area contributed by atoms with E-state index in [4.69, 9.17) is 4.74 Å². The number of halogens is 1. The molecule has 10 heteroatoms. The fraction of sp³-hybridized carbons (Fsp3) is 0.556. The summed E-state index contributed by atoms with van der Waals surface area (Å²) in [5, 5.41) is 20.0. The van der Waals surface area contributed by atoms with E-state index >= 15 is 0 Å². The number of aromatic hydroxyl groups is 1. The Morgan fingerprint density at radius 3 is 2.43 bits per heavy atom. The first-order valence-corrected chi connectivity index (χ1v) is 12.2. The van der Waals surface area contributed by atoms with Gasteiger partial charge >= 0.3 is 6.09 Å². The number of carbonyl (C=O) groups excluding carboxylic acids is 2. The third-order valence-electron chi connectivity index (χ3n) is 6.03. The monoisotopic (exact) mass is 519 g/mol. The van der Waals surface area contributed by atoms with Crippen molar-refractivity contribution in [3.63, 3.8) is 0 Å². The number of ether oxygens (including phenoxy) is 1. The molecular formula is C27H38FN3O6. The Morgan fingerprint density at radius 1 is 1.22 bits per heavy atom. The Labute approximate surface area is 216 Å². The number of ketones is 1. The van der Waals surface area contributed by atoms with Gasteiger partial charge in [0.15, 0.2) is 11.5 Å². The van der Waals surface area contributed by atoms with Crippen LogP contribution in [0, 0.1) is 18.2 Å². The maximum Gasteiger partial charge on any atom is 0.410 e. The second-order valence-corrected chi connectivity index (χ2v) is 11.1. The molecule has 0 spiro atoms. The second-order valence-electron chi connectivity index (χ2n) is 11.1.